The van der Waals surface area contributed by atoms with E-state index in [1.165, 1.54) is 5.56 Å². The fraction of sp³-hybridized carbons (Fsp3) is 0.308. The van der Waals surface area contributed by atoms with E-state index in [1.807, 2.05) is 4.90 Å². The van der Waals surface area contributed by atoms with Crippen LogP contribution in [0.1, 0.15) is 18.2 Å². The van der Waals surface area contributed by atoms with Crippen LogP contribution in [0, 0.1) is 6.92 Å². The minimum absolute atomic E-state index is 0.370. The minimum atomic E-state index is 0.370. The van der Waals surface area contributed by atoms with Crippen molar-refractivity contribution in [2.45, 2.75) is 19.7 Å². The van der Waals surface area contributed by atoms with Crippen molar-refractivity contribution in [2.75, 3.05) is 11.4 Å². The molecule has 1 aromatic heterocycles. The quantitative estimate of drug-likeness (QED) is 0.772. The van der Waals surface area contributed by atoms with Gasteiger partial charge in [-0.2, -0.15) is 4.98 Å². The van der Waals surface area contributed by atoms with Gasteiger partial charge in [0.2, 0.25) is 0 Å². The third kappa shape index (κ3) is 2.61. The molecule has 90 valence electrons. The van der Waals surface area contributed by atoms with E-state index < -0.39 is 0 Å². The number of oxazole rings is 1. The number of alkyl halides is 1. The van der Waals surface area contributed by atoms with Crippen molar-refractivity contribution in [3.05, 3.63) is 41.8 Å². The van der Waals surface area contributed by atoms with Gasteiger partial charge in [0.15, 0.2) is 0 Å². The van der Waals surface area contributed by atoms with Crippen LogP contribution >= 0.6 is 11.6 Å². The summed E-state index contributed by atoms with van der Waals surface area (Å²) in [5, 5.41) is 0. The summed E-state index contributed by atoms with van der Waals surface area (Å²) < 4.78 is 5.42. The Balaban J connectivity index is 2.29. The van der Waals surface area contributed by atoms with Gasteiger partial charge in [0.1, 0.15) is 6.26 Å². The highest BCUT2D eigenvalue weighted by molar-refractivity contribution is 6.16. The molecule has 4 heteroatoms. The second-order valence-electron chi connectivity index (χ2n) is 3.83. The smallest absolute Gasteiger partial charge is 0.302 e. The second kappa shape index (κ2) is 5.23. The van der Waals surface area contributed by atoms with Gasteiger partial charge in [0.25, 0.3) is 0 Å². The van der Waals surface area contributed by atoms with Crippen LogP contribution in [0.5, 0.6) is 0 Å². The Bertz CT molecular complexity index is 478. The van der Waals surface area contributed by atoms with E-state index in [4.69, 9.17) is 16.0 Å². The molecule has 1 aromatic carbocycles. The van der Waals surface area contributed by atoms with Crippen molar-refractivity contribution in [2.24, 2.45) is 0 Å². The Morgan fingerprint density at radius 1 is 1.29 bits per heavy atom. The van der Waals surface area contributed by atoms with Gasteiger partial charge in [-0.1, -0.05) is 17.7 Å². The van der Waals surface area contributed by atoms with E-state index in [0.717, 1.165) is 17.9 Å². The van der Waals surface area contributed by atoms with Gasteiger partial charge < -0.3 is 4.42 Å². The lowest BCUT2D eigenvalue weighted by Crippen LogP contribution is -2.16. The normalized spacial score (nSPS) is 10.5. The van der Waals surface area contributed by atoms with Crippen LogP contribution in [-0.2, 0) is 5.88 Å². The van der Waals surface area contributed by atoms with Crippen LogP contribution in [0.25, 0.3) is 0 Å². The van der Waals surface area contributed by atoms with E-state index in [0.29, 0.717) is 11.9 Å². The van der Waals surface area contributed by atoms with Gasteiger partial charge in [-0.3, -0.25) is 4.90 Å². The third-order valence-electron chi connectivity index (χ3n) is 2.57. The van der Waals surface area contributed by atoms with E-state index in [1.54, 1.807) is 6.26 Å². The second-order valence-corrected chi connectivity index (χ2v) is 4.10. The maximum atomic E-state index is 5.71. The minimum Gasteiger partial charge on any atom is -0.431 e. The summed E-state index contributed by atoms with van der Waals surface area (Å²) in [5.74, 6) is 0.370. The maximum Gasteiger partial charge on any atom is 0.302 e. The summed E-state index contributed by atoms with van der Waals surface area (Å²) in [7, 11) is 0. The van der Waals surface area contributed by atoms with Crippen molar-refractivity contribution in [1.29, 1.82) is 0 Å². The van der Waals surface area contributed by atoms with Crippen molar-refractivity contribution in [3.8, 4) is 0 Å². The molecule has 0 saturated heterocycles. The number of hydrogen-bond acceptors (Lipinski definition) is 3. The molecule has 0 fully saturated rings. The molecule has 0 saturated carbocycles. The molecule has 3 nitrogen and oxygen atoms in total. The molecule has 0 aliphatic carbocycles. The zero-order chi connectivity index (χ0) is 12.3. The molecule has 1 heterocycles. The molecule has 17 heavy (non-hydrogen) atoms. The predicted octanol–water partition coefficient (Wildman–Crippen LogP) is 3.88. The van der Waals surface area contributed by atoms with Crippen LogP contribution in [0.4, 0.5) is 11.7 Å². The number of halogens is 1. The lowest BCUT2D eigenvalue weighted by molar-refractivity contribution is 0.554. The monoisotopic (exact) mass is 250 g/mol. The predicted molar refractivity (Wildman–Crippen MR) is 69.9 cm³/mol. The molecule has 0 aliphatic heterocycles. The summed E-state index contributed by atoms with van der Waals surface area (Å²) in [6, 6.07) is 8.85. The standard InChI is InChI=1S/C13H15ClN2O/c1-3-16(12-6-4-10(2)5-7-12)13-15-11(8-14)9-17-13/h4-7,9H,3,8H2,1-2H3. The van der Waals surface area contributed by atoms with E-state index in [-0.39, 0.29) is 0 Å². The van der Waals surface area contributed by atoms with Gasteiger partial charge >= 0.3 is 6.01 Å². The van der Waals surface area contributed by atoms with Crippen molar-refractivity contribution >= 4 is 23.3 Å². The summed E-state index contributed by atoms with van der Waals surface area (Å²) in [6.07, 6.45) is 1.60. The molecule has 0 spiro atoms. The highest BCUT2D eigenvalue weighted by atomic mass is 35.5. The van der Waals surface area contributed by atoms with E-state index >= 15 is 0 Å². The first-order chi connectivity index (χ1) is 8.24. The highest BCUT2D eigenvalue weighted by Crippen LogP contribution is 2.24. The molecular formula is C13H15ClN2O. The van der Waals surface area contributed by atoms with Gasteiger partial charge in [-0.25, -0.2) is 0 Å². The first-order valence-electron chi connectivity index (χ1n) is 5.59. The van der Waals surface area contributed by atoms with Crippen molar-refractivity contribution in [3.63, 3.8) is 0 Å². The molecule has 0 radical (unpaired) electrons. The lowest BCUT2D eigenvalue weighted by atomic mass is 10.2. The van der Waals surface area contributed by atoms with Gasteiger partial charge in [-0.15, -0.1) is 11.6 Å². The topological polar surface area (TPSA) is 29.3 Å². The van der Waals surface area contributed by atoms with Crippen molar-refractivity contribution < 1.29 is 4.42 Å². The zero-order valence-electron chi connectivity index (χ0n) is 9.98. The fourth-order valence-corrected chi connectivity index (χ4v) is 1.76. The number of benzene rings is 1. The highest BCUT2D eigenvalue weighted by Gasteiger charge is 2.12. The molecule has 2 rings (SSSR count). The van der Waals surface area contributed by atoms with Crippen LogP contribution in [0.3, 0.4) is 0 Å². The summed E-state index contributed by atoms with van der Waals surface area (Å²) in [4.78, 5) is 6.34. The van der Waals surface area contributed by atoms with Gasteiger partial charge in [0, 0.05) is 12.2 Å². The molecular weight excluding hydrogens is 236 g/mol. The Morgan fingerprint density at radius 3 is 2.53 bits per heavy atom. The Hall–Kier alpha value is -1.48. The Kier molecular flexibility index (Phi) is 3.69. The molecule has 0 bridgehead atoms. The molecule has 0 amide bonds. The van der Waals surface area contributed by atoms with Gasteiger partial charge in [-0.05, 0) is 26.0 Å². The number of hydrogen-bond donors (Lipinski definition) is 0. The molecule has 0 atom stereocenters. The molecule has 2 aromatic rings. The third-order valence-corrected chi connectivity index (χ3v) is 2.84. The lowest BCUT2D eigenvalue weighted by Gasteiger charge is -2.18. The molecule has 0 N–H and O–H groups in total. The largest absolute Gasteiger partial charge is 0.431 e. The maximum absolute atomic E-state index is 5.71. The summed E-state index contributed by atoms with van der Waals surface area (Å²) in [6.45, 7) is 4.92. The Morgan fingerprint density at radius 2 is 2.00 bits per heavy atom. The zero-order valence-corrected chi connectivity index (χ0v) is 10.7. The average molecular weight is 251 g/mol. The molecule has 0 aliphatic rings. The number of aryl methyl sites for hydroxylation is 1. The first kappa shape index (κ1) is 12.0. The Labute approximate surface area is 106 Å². The fourth-order valence-electron chi connectivity index (χ4n) is 1.63. The van der Waals surface area contributed by atoms with Crippen LogP contribution < -0.4 is 4.90 Å². The van der Waals surface area contributed by atoms with E-state index in [9.17, 15) is 0 Å². The van der Waals surface area contributed by atoms with Crippen LogP contribution in [-0.4, -0.2) is 11.5 Å². The van der Waals surface area contributed by atoms with Crippen LogP contribution in [0.2, 0.25) is 0 Å². The average Bonchev–Trinajstić information content (AvgIpc) is 2.81. The molecule has 0 unspecified atom stereocenters. The summed E-state index contributed by atoms with van der Waals surface area (Å²) >= 11 is 5.71. The summed E-state index contributed by atoms with van der Waals surface area (Å²) in [5.41, 5.74) is 3.06. The van der Waals surface area contributed by atoms with E-state index in [2.05, 4.69) is 43.1 Å². The number of nitrogens with zero attached hydrogens (tertiary/aromatic N) is 2. The SMILES string of the molecule is CCN(c1ccc(C)cc1)c1nc(CCl)co1. The van der Waals surface area contributed by atoms with Gasteiger partial charge in [0.05, 0.1) is 11.6 Å². The van der Waals surface area contributed by atoms with Crippen LogP contribution in [0.15, 0.2) is 34.9 Å². The first-order valence-corrected chi connectivity index (χ1v) is 6.12. The number of rotatable bonds is 4. The number of aromatic nitrogens is 1. The van der Waals surface area contributed by atoms with Crippen molar-refractivity contribution in [1.82, 2.24) is 4.98 Å². The number of anilines is 2.